The number of benzene rings is 1. The number of ether oxygens (including phenoxy) is 1. The summed E-state index contributed by atoms with van der Waals surface area (Å²) in [6.45, 7) is 2.84. The Labute approximate surface area is 105 Å². The molecule has 0 saturated carbocycles. The molecular formula is C13H15FN2O2. The van der Waals surface area contributed by atoms with Gasteiger partial charge in [0.05, 0.1) is 13.2 Å². The van der Waals surface area contributed by atoms with Gasteiger partial charge < -0.3 is 15.4 Å². The number of rotatable bonds is 3. The first-order chi connectivity index (χ1) is 8.66. The molecule has 5 heteroatoms. The van der Waals surface area contributed by atoms with E-state index in [2.05, 4.69) is 4.90 Å². The molecular weight excluding hydrogens is 235 g/mol. The summed E-state index contributed by atoms with van der Waals surface area (Å²) >= 11 is 0. The van der Waals surface area contributed by atoms with E-state index in [1.807, 2.05) is 6.07 Å². The number of nitrogens with zero attached hydrogens (tertiary/aromatic N) is 1. The van der Waals surface area contributed by atoms with Crippen LogP contribution in [0.1, 0.15) is 5.56 Å². The summed E-state index contributed by atoms with van der Waals surface area (Å²) in [5.74, 6) is -0.955. The lowest BCUT2D eigenvalue weighted by atomic mass is 10.1. The van der Waals surface area contributed by atoms with Crippen molar-refractivity contribution < 1.29 is 13.9 Å². The number of anilines is 1. The van der Waals surface area contributed by atoms with Gasteiger partial charge in [-0.3, -0.25) is 4.79 Å². The first-order valence-electron chi connectivity index (χ1n) is 5.76. The molecule has 18 heavy (non-hydrogen) atoms. The van der Waals surface area contributed by atoms with Gasteiger partial charge in [0.15, 0.2) is 0 Å². The Balaban J connectivity index is 2.16. The average molecular weight is 250 g/mol. The number of nitrogens with two attached hydrogens (primary N) is 1. The van der Waals surface area contributed by atoms with E-state index in [1.165, 1.54) is 12.1 Å². The molecule has 0 spiro atoms. The van der Waals surface area contributed by atoms with E-state index < -0.39 is 5.91 Å². The van der Waals surface area contributed by atoms with Crippen molar-refractivity contribution >= 4 is 17.7 Å². The van der Waals surface area contributed by atoms with Crippen LogP contribution < -0.4 is 10.6 Å². The van der Waals surface area contributed by atoms with E-state index in [0.29, 0.717) is 18.8 Å². The highest BCUT2D eigenvalue weighted by Crippen LogP contribution is 2.20. The molecule has 0 aliphatic carbocycles. The van der Waals surface area contributed by atoms with Crippen molar-refractivity contribution in [2.45, 2.75) is 0 Å². The molecule has 0 bridgehead atoms. The van der Waals surface area contributed by atoms with Gasteiger partial charge in [-0.1, -0.05) is 0 Å². The zero-order valence-electron chi connectivity index (χ0n) is 9.93. The highest BCUT2D eigenvalue weighted by molar-refractivity contribution is 5.90. The fourth-order valence-electron chi connectivity index (χ4n) is 1.84. The van der Waals surface area contributed by atoms with Crippen LogP contribution in [0.25, 0.3) is 6.08 Å². The van der Waals surface area contributed by atoms with Crippen molar-refractivity contribution in [3.8, 4) is 0 Å². The number of carbonyl (C=O) groups is 1. The second kappa shape index (κ2) is 5.64. The Kier molecular flexibility index (Phi) is 3.94. The van der Waals surface area contributed by atoms with E-state index in [-0.39, 0.29) is 5.82 Å². The molecule has 1 saturated heterocycles. The van der Waals surface area contributed by atoms with Crippen molar-refractivity contribution in [2.24, 2.45) is 5.73 Å². The van der Waals surface area contributed by atoms with Crippen molar-refractivity contribution in [2.75, 3.05) is 31.2 Å². The molecule has 1 aromatic carbocycles. The van der Waals surface area contributed by atoms with Crippen molar-refractivity contribution in [1.29, 1.82) is 0 Å². The van der Waals surface area contributed by atoms with Gasteiger partial charge in [0, 0.05) is 30.4 Å². The monoisotopic (exact) mass is 250 g/mol. The van der Waals surface area contributed by atoms with E-state index in [4.69, 9.17) is 10.5 Å². The van der Waals surface area contributed by atoms with Gasteiger partial charge in [-0.05, 0) is 24.3 Å². The molecule has 1 aliphatic heterocycles. The molecule has 0 atom stereocenters. The fourth-order valence-corrected chi connectivity index (χ4v) is 1.84. The number of primary amides is 1. The molecule has 0 unspecified atom stereocenters. The van der Waals surface area contributed by atoms with Gasteiger partial charge in [0.1, 0.15) is 5.82 Å². The summed E-state index contributed by atoms with van der Waals surface area (Å²) in [5, 5.41) is 0. The molecule has 0 radical (unpaired) electrons. The Morgan fingerprint density at radius 2 is 2.11 bits per heavy atom. The highest BCUT2D eigenvalue weighted by Gasteiger charge is 2.12. The first-order valence-corrected chi connectivity index (χ1v) is 5.76. The molecule has 1 heterocycles. The first kappa shape index (κ1) is 12.6. The molecule has 1 fully saturated rings. The third kappa shape index (κ3) is 3.07. The number of hydrogen-bond donors (Lipinski definition) is 1. The van der Waals surface area contributed by atoms with E-state index in [1.54, 1.807) is 6.07 Å². The number of carbonyl (C=O) groups excluding carboxylic acids is 1. The van der Waals surface area contributed by atoms with Crippen LogP contribution >= 0.6 is 0 Å². The third-order valence-electron chi connectivity index (χ3n) is 2.79. The Morgan fingerprint density at radius 1 is 1.39 bits per heavy atom. The predicted molar refractivity (Wildman–Crippen MR) is 67.7 cm³/mol. The number of amides is 1. The van der Waals surface area contributed by atoms with Gasteiger partial charge in [0.25, 0.3) is 0 Å². The molecule has 4 nitrogen and oxygen atoms in total. The van der Waals surface area contributed by atoms with Crippen molar-refractivity contribution in [1.82, 2.24) is 0 Å². The average Bonchev–Trinajstić information content (AvgIpc) is 2.38. The molecule has 0 aromatic heterocycles. The van der Waals surface area contributed by atoms with E-state index >= 15 is 0 Å². The Morgan fingerprint density at radius 3 is 2.72 bits per heavy atom. The number of morpholine rings is 1. The summed E-state index contributed by atoms with van der Waals surface area (Å²) < 4.78 is 19.0. The summed E-state index contributed by atoms with van der Waals surface area (Å²) in [5.41, 5.74) is 6.15. The zero-order valence-corrected chi connectivity index (χ0v) is 9.93. The van der Waals surface area contributed by atoms with Crippen LogP contribution in [0.5, 0.6) is 0 Å². The highest BCUT2D eigenvalue weighted by atomic mass is 19.1. The summed E-state index contributed by atoms with van der Waals surface area (Å²) in [6.07, 6.45) is 2.52. The lowest BCUT2D eigenvalue weighted by molar-refractivity contribution is -0.113. The minimum atomic E-state index is -0.591. The Hall–Kier alpha value is -1.88. The predicted octanol–water partition coefficient (Wildman–Crippen LogP) is 1.16. The second-order valence-corrected chi connectivity index (χ2v) is 4.04. The fraction of sp³-hybridized carbons (Fsp3) is 0.308. The maximum absolute atomic E-state index is 13.8. The van der Waals surface area contributed by atoms with Gasteiger partial charge in [-0.25, -0.2) is 4.39 Å². The number of hydrogen-bond acceptors (Lipinski definition) is 3. The summed E-state index contributed by atoms with van der Waals surface area (Å²) in [4.78, 5) is 12.7. The standard InChI is InChI=1S/C13H15FN2O2/c14-12-9-11(16-5-7-18-8-6-16)3-1-10(12)2-4-13(15)17/h1-4,9H,5-8H2,(H2,15,17)/b4-2+. The lowest BCUT2D eigenvalue weighted by Crippen LogP contribution is -2.36. The van der Waals surface area contributed by atoms with Crippen LogP contribution in [0, 0.1) is 5.82 Å². The largest absolute Gasteiger partial charge is 0.378 e. The maximum atomic E-state index is 13.8. The molecule has 2 N–H and O–H groups in total. The van der Waals surface area contributed by atoms with Gasteiger partial charge in [-0.2, -0.15) is 0 Å². The quantitative estimate of drug-likeness (QED) is 0.819. The van der Waals surface area contributed by atoms with Crippen LogP contribution in [0.3, 0.4) is 0 Å². The smallest absolute Gasteiger partial charge is 0.241 e. The number of halogens is 1. The molecule has 1 aliphatic rings. The molecule has 2 rings (SSSR count). The van der Waals surface area contributed by atoms with Crippen LogP contribution in [0.4, 0.5) is 10.1 Å². The van der Waals surface area contributed by atoms with Crippen molar-refractivity contribution in [3.63, 3.8) is 0 Å². The van der Waals surface area contributed by atoms with E-state index in [0.717, 1.165) is 24.9 Å². The van der Waals surface area contributed by atoms with Crippen LogP contribution in [-0.4, -0.2) is 32.2 Å². The van der Waals surface area contributed by atoms with Crippen LogP contribution in [0.2, 0.25) is 0 Å². The molecule has 1 aromatic rings. The Bertz CT molecular complexity index is 468. The van der Waals surface area contributed by atoms with Gasteiger partial charge >= 0.3 is 0 Å². The minimum absolute atomic E-state index is 0.353. The lowest BCUT2D eigenvalue weighted by Gasteiger charge is -2.28. The molecule has 1 amide bonds. The summed E-state index contributed by atoms with van der Waals surface area (Å²) in [6, 6.07) is 4.93. The van der Waals surface area contributed by atoms with Crippen LogP contribution in [-0.2, 0) is 9.53 Å². The van der Waals surface area contributed by atoms with E-state index in [9.17, 15) is 9.18 Å². The summed E-state index contributed by atoms with van der Waals surface area (Å²) in [7, 11) is 0. The third-order valence-corrected chi connectivity index (χ3v) is 2.79. The van der Waals surface area contributed by atoms with Crippen LogP contribution in [0.15, 0.2) is 24.3 Å². The zero-order chi connectivity index (χ0) is 13.0. The van der Waals surface area contributed by atoms with Crippen molar-refractivity contribution in [3.05, 3.63) is 35.7 Å². The molecule has 96 valence electrons. The topological polar surface area (TPSA) is 55.6 Å². The minimum Gasteiger partial charge on any atom is -0.378 e. The van der Waals surface area contributed by atoms with Gasteiger partial charge in [-0.15, -0.1) is 0 Å². The second-order valence-electron chi connectivity index (χ2n) is 4.04. The maximum Gasteiger partial charge on any atom is 0.241 e. The SMILES string of the molecule is NC(=O)/C=C/c1ccc(N2CCOCC2)cc1F. The normalized spacial score (nSPS) is 16.2. The van der Waals surface area contributed by atoms with Gasteiger partial charge in [0.2, 0.25) is 5.91 Å².